The van der Waals surface area contributed by atoms with Gasteiger partial charge in [-0.15, -0.1) is 0 Å². The van der Waals surface area contributed by atoms with Gasteiger partial charge in [0.25, 0.3) is 0 Å². The average Bonchev–Trinajstić information content (AvgIpc) is 2.98. The lowest BCUT2D eigenvalue weighted by atomic mass is 10.1. The standard InChI is InChI=1S/C12H14N4O/c13-9-5-4-8(7-9)12-15-11(16-17-12)10-3-1-2-6-14-10/h1-3,6,8-9H,4-5,7,13H2/t8-,9+/m1/s1. The molecule has 1 aliphatic carbocycles. The largest absolute Gasteiger partial charge is 0.339 e. The van der Waals surface area contributed by atoms with Crippen LogP contribution >= 0.6 is 0 Å². The highest BCUT2D eigenvalue weighted by Gasteiger charge is 2.28. The smallest absolute Gasteiger partial charge is 0.230 e. The SMILES string of the molecule is N[C@H]1CC[C@@H](c2nc(-c3ccccn3)no2)C1. The lowest BCUT2D eigenvalue weighted by Crippen LogP contribution is -2.14. The molecule has 0 aliphatic heterocycles. The molecule has 1 aliphatic rings. The van der Waals surface area contributed by atoms with Crippen molar-refractivity contribution in [3.05, 3.63) is 30.3 Å². The van der Waals surface area contributed by atoms with Crippen molar-refractivity contribution >= 4 is 0 Å². The maximum absolute atomic E-state index is 5.88. The minimum absolute atomic E-state index is 0.269. The van der Waals surface area contributed by atoms with Crippen LogP contribution in [0.2, 0.25) is 0 Å². The van der Waals surface area contributed by atoms with Gasteiger partial charge in [-0.25, -0.2) is 0 Å². The third-order valence-electron chi connectivity index (χ3n) is 3.16. The molecule has 1 saturated carbocycles. The van der Waals surface area contributed by atoms with E-state index in [1.54, 1.807) is 6.20 Å². The van der Waals surface area contributed by atoms with Crippen LogP contribution in [-0.2, 0) is 0 Å². The van der Waals surface area contributed by atoms with Gasteiger partial charge in [0.15, 0.2) is 0 Å². The third kappa shape index (κ3) is 2.06. The summed E-state index contributed by atoms with van der Waals surface area (Å²) in [5, 5.41) is 3.97. The van der Waals surface area contributed by atoms with Gasteiger partial charge in [-0.2, -0.15) is 4.98 Å². The van der Waals surface area contributed by atoms with Gasteiger partial charge in [-0.05, 0) is 31.4 Å². The predicted octanol–water partition coefficient (Wildman–Crippen LogP) is 1.73. The molecule has 0 aromatic carbocycles. The molecule has 2 aromatic rings. The van der Waals surface area contributed by atoms with Crippen LogP contribution in [0.15, 0.2) is 28.9 Å². The first-order chi connectivity index (χ1) is 8.33. The summed E-state index contributed by atoms with van der Waals surface area (Å²) in [5.41, 5.74) is 6.62. The number of aromatic nitrogens is 3. The molecule has 0 saturated heterocycles. The first-order valence-electron chi connectivity index (χ1n) is 5.83. The van der Waals surface area contributed by atoms with Gasteiger partial charge in [-0.3, -0.25) is 4.98 Å². The Morgan fingerprint density at radius 1 is 1.29 bits per heavy atom. The highest BCUT2D eigenvalue weighted by Crippen LogP contribution is 2.33. The third-order valence-corrected chi connectivity index (χ3v) is 3.16. The van der Waals surface area contributed by atoms with Crippen molar-refractivity contribution in [3.63, 3.8) is 0 Å². The minimum atomic E-state index is 0.269. The second-order valence-corrected chi connectivity index (χ2v) is 4.44. The van der Waals surface area contributed by atoms with E-state index in [1.807, 2.05) is 18.2 Å². The molecule has 88 valence electrons. The van der Waals surface area contributed by atoms with Gasteiger partial charge >= 0.3 is 0 Å². The molecule has 2 aromatic heterocycles. The van der Waals surface area contributed by atoms with E-state index in [4.69, 9.17) is 10.3 Å². The molecule has 0 radical (unpaired) electrons. The fraction of sp³-hybridized carbons (Fsp3) is 0.417. The molecule has 3 rings (SSSR count). The summed E-state index contributed by atoms with van der Waals surface area (Å²) in [4.78, 5) is 8.60. The van der Waals surface area contributed by atoms with Crippen LogP contribution in [0, 0.1) is 0 Å². The molecule has 0 spiro atoms. The molecular formula is C12H14N4O. The molecule has 0 bridgehead atoms. The molecular weight excluding hydrogens is 216 g/mol. The number of nitrogens with two attached hydrogens (primary N) is 1. The highest BCUT2D eigenvalue weighted by molar-refractivity contribution is 5.47. The second kappa shape index (κ2) is 4.25. The molecule has 0 unspecified atom stereocenters. The van der Waals surface area contributed by atoms with Gasteiger partial charge in [0.2, 0.25) is 11.7 Å². The highest BCUT2D eigenvalue weighted by atomic mass is 16.5. The number of rotatable bonds is 2. The Bertz CT molecular complexity index is 496. The van der Waals surface area contributed by atoms with Crippen LogP contribution in [0.4, 0.5) is 0 Å². The molecule has 5 nitrogen and oxygen atoms in total. The predicted molar refractivity (Wildman–Crippen MR) is 62.1 cm³/mol. The Morgan fingerprint density at radius 3 is 2.94 bits per heavy atom. The zero-order chi connectivity index (χ0) is 11.7. The Labute approximate surface area is 99.1 Å². The summed E-state index contributed by atoms with van der Waals surface area (Å²) < 4.78 is 5.29. The summed E-state index contributed by atoms with van der Waals surface area (Å²) in [6, 6.07) is 5.91. The number of pyridine rings is 1. The lowest BCUT2D eigenvalue weighted by Gasteiger charge is -2.01. The van der Waals surface area contributed by atoms with E-state index in [1.165, 1.54) is 0 Å². The Morgan fingerprint density at radius 2 is 2.24 bits per heavy atom. The van der Waals surface area contributed by atoms with E-state index in [-0.39, 0.29) is 6.04 Å². The maximum atomic E-state index is 5.88. The molecule has 17 heavy (non-hydrogen) atoms. The Kier molecular flexibility index (Phi) is 2.60. The van der Waals surface area contributed by atoms with Gasteiger partial charge in [0, 0.05) is 18.2 Å². The maximum Gasteiger partial charge on any atom is 0.230 e. The van der Waals surface area contributed by atoms with E-state index in [0.717, 1.165) is 25.0 Å². The van der Waals surface area contributed by atoms with E-state index in [2.05, 4.69) is 15.1 Å². The van der Waals surface area contributed by atoms with Gasteiger partial charge in [0.05, 0.1) is 0 Å². The lowest BCUT2D eigenvalue weighted by molar-refractivity contribution is 0.353. The van der Waals surface area contributed by atoms with Crippen LogP contribution in [0.3, 0.4) is 0 Å². The van der Waals surface area contributed by atoms with E-state index < -0.39 is 0 Å². The summed E-state index contributed by atoms with van der Waals surface area (Å²) in [7, 11) is 0. The quantitative estimate of drug-likeness (QED) is 0.850. The van der Waals surface area contributed by atoms with Crippen LogP contribution in [-0.4, -0.2) is 21.2 Å². The molecule has 1 fully saturated rings. The first-order valence-corrected chi connectivity index (χ1v) is 5.83. The fourth-order valence-corrected chi connectivity index (χ4v) is 2.24. The van der Waals surface area contributed by atoms with Gasteiger partial charge < -0.3 is 10.3 Å². The van der Waals surface area contributed by atoms with E-state index in [0.29, 0.717) is 17.6 Å². The van der Waals surface area contributed by atoms with Crippen LogP contribution in [0.25, 0.3) is 11.5 Å². The van der Waals surface area contributed by atoms with Crippen molar-refractivity contribution in [1.82, 2.24) is 15.1 Å². The summed E-state index contributed by atoms with van der Waals surface area (Å²) in [5.74, 6) is 1.56. The number of hydrogen-bond acceptors (Lipinski definition) is 5. The topological polar surface area (TPSA) is 77.8 Å². The molecule has 0 amide bonds. The molecule has 5 heteroatoms. The van der Waals surface area contributed by atoms with Crippen molar-refractivity contribution in [2.24, 2.45) is 5.73 Å². The first kappa shape index (κ1) is 10.4. The van der Waals surface area contributed by atoms with Crippen molar-refractivity contribution in [2.45, 2.75) is 31.2 Å². The zero-order valence-corrected chi connectivity index (χ0v) is 9.41. The van der Waals surface area contributed by atoms with Gasteiger partial charge in [-0.1, -0.05) is 11.2 Å². The van der Waals surface area contributed by atoms with Crippen LogP contribution in [0.1, 0.15) is 31.1 Å². The average molecular weight is 230 g/mol. The Balaban J connectivity index is 1.84. The molecule has 2 N–H and O–H groups in total. The van der Waals surface area contributed by atoms with Gasteiger partial charge in [0.1, 0.15) is 5.69 Å². The minimum Gasteiger partial charge on any atom is -0.339 e. The van der Waals surface area contributed by atoms with E-state index in [9.17, 15) is 0 Å². The summed E-state index contributed by atoms with van der Waals surface area (Å²) in [6.07, 6.45) is 4.72. The van der Waals surface area contributed by atoms with Crippen LogP contribution < -0.4 is 5.73 Å². The zero-order valence-electron chi connectivity index (χ0n) is 9.41. The van der Waals surface area contributed by atoms with Crippen molar-refractivity contribution < 1.29 is 4.52 Å². The van der Waals surface area contributed by atoms with Crippen molar-refractivity contribution in [2.75, 3.05) is 0 Å². The second-order valence-electron chi connectivity index (χ2n) is 4.44. The van der Waals surface area contributed by atoms with Crippen LogP contribution in [0.5, 0.6) is 0 Å². The van der Waals surface area contributed by atoms with Crippen molar-refractivity contribution in [1.29, 1.82) is 0 Å². The fourth-order valence-electron chi connectivity index (χ4n) is 2.24. The monoisotopic (exact) mass is 230 g/mol. The number of nitrogens with zero attached hydrogens (tertiary/aromatic N) is 3. The van der Waals surface area contributed by atoms with E-state index >= 15 is 0 Å². The molecule has 2 heterocycles. The normalized spacial score (nSPS) is 24.1. The van der Waals surface area contributed by atoms with Crippen molar-refractivity contribution in [3.8, 4) is 11.5 Å². The summed E-state index contributed by atoms with van der Waals surface area (Å²) >= 11 is 0. The molecule has 2 atom stereocenters. The number of hydrogen-bond donors (Lipinski definition) is 1. The summed E-state index contributed by atoms with van der Waals surface area (Å²) in [6.45, 7) is 0. The Hall–Kier alpha value is -1.75.